The molecule has 1 N–H and O–H groups in total. The van der Waals surface area contributed by atoms with E-state index in [2.05, 4.69) is 10.2 Å². The second-order valence-electron chi connectivity index (χ2n) is 1.61. The maximum atomic E-state index is 8.52. The third kappa shape index (κ3) is 2.98. The van der Waals surface area contributed by atoms with Crippen molar-refractivity contribution in [2.75, 3.05) is 18.6 Å². The van der Waals surface area contributed by atoms with Gasteiger partial charge in [0, 0.05) is 5.75 Å². The maximum absolute atomic E-state index is 8.52. The van der Waals surface area contributed by atoms with Gasteiger partial charge in [0.15, 0.2) is 8.68 Å². The highest BCUT2D eigenvalue weighted by molar-refractivity contribution is 8.02. The fourth-order valence-electron chi connectivity index (χ4n) is 0.471. The highest BCUT2D eigenvalue weighted by atomic mass is 32.2. The first kappa shape index (κ1) is 9.31. The molecule has 1 aromatic heterocycles. The summed E-state index contributed by atoms with van der Waals surface area (Å²) in [5, 5.41) is 16.4. The van der Waals surface area contributed by atoms with Crippen molar-refractivity contribution in [1.29, 1.82) is 0 Å². The minimum absolute atomic E-state index is 0.193. The van der Waals surface area contributed by atoms with Crippen molar-refractivity contribution in [2.24, 2.45) is 0 Å². The van der Waals surface area contributed by atoms with E-state index >= 15 is 0 Å². The lowest BCUT2D eigenvalue weighted by molar-refractivity contribution is 0.322. The number of hydrogen-bond acceptors (Lipinski definition) is 6. The van der Waals surface area contributed by atoms with Gasteiger partial charge in [0.05, 0.1) is 6.61 Å². The lowest BCUT2D eigenvalue weighted by Crippen LogP contribution is -1.84. The highest BCUT2D eigenvalue weighted by Gasteiger charge is 2.01. The van der Waals surface area contributed by atoms with Crippen molar-refractivity contribution in [3.63, 3.8) is 0 Å². The lowest BCUT2D eigenvalue weighted by Gasteiger charge is -1.88. The van der Waals surface area contributed by atoms with Gasteiger partial charge < -0.3 is 5.11 Å². The van der Waals surface area contributed by atoms with Gasteiger partial charge in [-0.05, 0) is 6.26 Å². The summed E-state index contributed by atoms with van der Waals surface area (Å²) in [6.45, 7) is 0.193. The molecule has 3 nitrogen and oxygen atoms in total. The van der Waals surface area contributed by atoms with Crippen LogP contribution in [-0.4, -0.2) is 33.9 Å². The molecular weight excluding hydrogens is 200 g/mol. The first-order valence-corrected chi connectivity index (χ1v) is 6.00. The molecule has 0 spiro atoms. The Hall–Kier alpha value is 0.220. The summed E-state index contributed by atoms with van der Waals surface area (Å²) in [5.41, 5.74) is 0. The number of aromatic nitrogens is 2. The van der Waals surface area contributed by atoms with E-state index in [-0.39, 0.29) is 6.61 Å². The summed E-state index contributed by atoms with van der Waals surface area (Å²) in [5.74, 6) is 0.697. The third-order valence-electron chi connectivity index (χ3n) is 0.879. The van der Waals surface area contributed by atoms with Crippen molar-refractivity contribution in [1.82, 2.24) is 10.2 Å². The lowest BCUT2D eigenvalue weighted by atomic mass is 10.9. The normalized spacial score (nSPS) is 10.4. The summed E-state index contributed by atoms with van der Waals surface area (Å²) >= 11 is 4.70. The minimum atomic E-state index is 0.193. The van der Waals surface area contributed by atoms with E-state index in [0.29, 0.717) is 5.75 Å². The van der Waals surface area contributed by atoms with E-state index in [9.17, 15) is 0 Å². The molecule has 0 aliphatic rings. The third-order valence-corrected chi connectivity index (χ3v) is 3.89. The highest BCUT2D eigenvalue weighted by Crippen LogP contribution is 2.26. The van der Waals surface area contributed by atoms with Gasteiger partial charge in [-0.3, -0.25) is 0 Å². The van der Waals surface area contributed by atoms with Gasteiger partial charge >= 0.3 is 0 Å². The Morgan fingerprint density at radius 1 is 1.45 bits per heavy atom. The Morgan fingerprint density at radius 2 is 2.18 bits per heavy atom. The molecule has 0 aliphatic heterocycles. The number of nitrogens with zero attached hydrogens (tertiary/aromatic N) is 2. The molecule has 62 valence electrons. The second kappa shape index (κ2) is 4.97. The Balaban J connectivity index is 2.44. The monoisotopic (exact) mass is 208 g/mol. The number of aliphatic hydroxyl groups excluding tert-OH is 1. The molecule has 0 radical (unpaired) electrons. The van der Waals surface area contributed by atoms with Gasteiger partial charge in [-0.1, -0.05) is 34.9 Å². The zero-order valence-electron chi connectivity index (χ0n) is 5.98. The minimum Gasteiger partial charge on any atom is -0.396 e. The van der Waals surface area contributed by atoms with Crippen molar-refractivity contribution < 1.29 is 5.11 Å². The molecule has 0 unspecified atom stereocenters. The quantitative estimate of drug-likeness (QED) is 0.757. The summed E-state index contributed by atoms with van der Waals surface area (Å²) < 4.78 is 1.91. The Morgan fingerprint density at radius 3 is 2.73 bits per heavy atom. The molecule has 0 bridgehead atoms. The summed E-state index contributed by atoms with van der Waals surface area (Å²) in [4.78, 5) is 0. The van der Waals surface area contributed by atoms with Gasteiger partial charge in [-0.25, -0.2) is 0 Å². The van der Waals surface area contributed by atoms with E-state index in [4.69, 9.17) is 5.11 Å². The fourth-order valence-corrected chi connectivity index (χ4v) is 2.72. The molecule has 1 rings (SSSR count). The Labute approximate surface area is 77.6 Å². The average molecular weight is 208 g/mol. The van der Waals surface area contributed by atoms with Gasteiger partial charge in [0.1, 0.15) is 0 Å². The van der Waals surface area contributed by atoms with E-state index in [1.165, 1.54) is 11.8 Å². The van der Waals surface area contributed by atoms with Crippen LogP contribution in [0.25, 0.3) is 0 Å². The van der Waals surface area contributed by atoms with E-state index in [0.717, 1.165) is 8.68 Å². The Bertz CT molecular complexity index is 215. The van der Waals surface area contributed by atoms with Gasteiger partial charge in [-0.2, -0.15) is 0 Å². The van der Waals surface area contributed by atoms with Crippen LogP contribution in [-0.2, 0) is 0 Å². The fraction of sp³-hybridized carbons (Fsp3) is 0.600. The molecule has 0 fully saturated rings. The molecule has 11 heavy (non-hydrogen) atoms. The molecule has 1 aromatic rings. The summed E-state index contributed by atoms with van der Waals surface area (Å²) in [6.07, 6.45) is 1.97. The van der Waals surface area contributed by atoms with Crippen LogP contribution in [0.5, 0.6) is 0 Å². The largest absolute Gasteiger partial charge is 0.396 e. The zero-order chi connectivity index (χ0) is 8.10. The number of hydrogen-bond donors (Lipinski definition) is 1. The second-order valence-corrected chi connectivity index (χ2v) is 4.98. The number of aliphatic hydroxyl groups is 1. The molecule has 0 saturated carbocycles. The van der Waals surface area contributed by atoms with Gasteiger partial charge in [-0.15, -0.1) is 10.2 Å². The first-order chi connectivity index (χ1) is 5.36. The predicted octanol–water partition coefficient (Wildman–Crippen LogP) is 1.34. The maximum Gasteiger partial charge on any atom is 0.175 e. The van der Waals surface area contributed by atoms with Crippen LogP contribution in [0.3, 0.4) is 0 Å². The van der Waals surface area contributed by atoms with Crippen molar-refractivity contribution >= 4 is 34.9 Å². The summed E-state index contributed by atoms with van der Waals surface area (Å²) in [6, 6.07) is 0. The Kier molecular flexibility index (Phi) is 4.21. The van der Waals surface area contributed by atoms with Crippen LogP contribution in [0.2, 0.25) is 0 Å². The molecule has 0 aliphatic carbocycles. The van der Waals surface area contributed by atoms with Crippen LogP contribution < -0.4 is 0 Å². The van der Waals surface area contributed by atoms with Crippen molar-refractivity contribution in [3.8, 4) is 0 Å². The van der Waals surface area contributed by atoms with Gasteiger partial charge in [0.25, 0.3) is 0 Å². The van der Waals surface area contributed by atoms with Crippen LogP contribution in [0.4, 0.5) is 0 Å². The predicted molar refractivity (Wildman–Crippen MR) is 49.5 cm³/mol. The number of thioether (sulfide) groups is 2. The molecular formula is C5H8N2OS3. The average Bonchev–Trinajstić information content (AvgIpc) is 2.48. The van der Waals surface area contributed by atoms with Crippen LogP contribution in [0.15, 0.2) is 8.68 Å². The first-order valence-electron chi connectivity index (χ1n) is 2.98. The van der Waals surface area contributed by atoms with Gasteiger partial charge in [0.2, 0.25) is 0 Å². The van der Waals surface area contributed by atoms with Crippen LogP contribution in [0, 0.1) is 0 Å². The van der Waals surface area contributed by atoms with Crippen LogP contribution >= 0.6 is 34.9 Å². The van der Waals surface area contributed by atoms with E-state index < -0.39 is 0 Å². The van der Waals surface area contributed by atoms with Crippen molar-refractivity contribution in [3.05, 3.63) is 0 Å². The van der Waals surface area contributed by atoms with E-state index in [1.54, 1.807) is 23.1 Å². The molecule has 0 amide bonds. The molecule has 0 atom stereocenters. The summed E-state index contributed by atoms with van der Waals surface area (Å²) in [7, 11) is 0. The van der Waals surface area contributed by atoms with Crippen LogP contribution in [0.1, 0.15) is 0 Å². The number of rotatable bonds is 4. The standard InChI is InChI=1S/C5H8N2OS3/c1-9-4-6-7-5(11-4)10-3-2-8/h8H,2-3H2,1H3. The molecule has 0 aromatic carbocycles. The SMILES string of the molecule is CSc1nnc(SCCO)s1. The zero-order valence-corrected chi connectivity index (χ0v) is 8.43. The molecule has 0 saturated heterocycles. The topological polar surface area (TPSA) is 46.0 Å². The molecule has 1 heterocycles. The molecule has 6 heteroatoms. The van der Waals surface area contributed by atoms with E-state index in [1.807, 2.05) is 6.26 Å². The smallest absolute Gasteiger partial charge is 0.175 e. The van der Waals surface area contributed by atoms with Crippen molar-refractivity contribution in [2.45, 2.75) is 8.68 Å².